The summed E-state index contributed by atoms with van der Waals surface area (Å²) in [4.78, 5) is 13.7. The minimum absolute atomic E-state index is 0.452. The predicted octanol–water partition coefficient (Wildman–Crippen LogP) is 1.94. The van der Waals surface area contributed by atoms with Gasteiger partial charge < -0.3 is 0 Å². The molecule has 2 aliphatic rings. The van der Waals surface area contributed by atoms with Crippen LogP contribution in [0.1, 0.15) is 32.6 Å². The lowest BCUT2D eigenvalue weighted by Crippen LogP contribution is -2.43. The fourth-order valence-electron chi connectivity index (χ4n) is 2.37. The van der Waals surface area contributed by atoms with Gasteiger partial charge in [-0.05, 0) is 25.5 Å². The van der Waals surface area contributed by atoms with E-state index >= 15 is 0 Å². The van der Waals surface area contributed by atoms with E-state index in [1.165, 1.54) is 25.1 Å². The van der Waals surface area contributed by atoms with Gasteiger partial charge in [0.05, 0.1) is 0 Å². The van der Waals surface area contributed by atoms with Gasteiger partial charge >= 0.3 is 0 Å². The SMILES string of the molecule is CC1CC(=O)CCN1CC1CCCS1. The molecule has 0 saturated carbocycles. The number of nitrogens with zero attached hydrogens (tertiary/aromatic N) is 1. The monoisotopic (exact) mass is 213 g/mol. The highest BCUT2D eigenvalue weighted by Crippen LogP contribution is 2.28. The molecule has 0 aromatic rings. The highest BCUT2D eigenvalue weighted by molar-refractivity contribution is 8.00. The molecule has 2 rings (SSSR count). The van der Waals surface area contributed by atoms with Crippen LogP contribution in [0, 0.1) is 0 Å². The normalized spacial score (nSPS) is 35.1. The van der Waals surface area contributed by atoms with Crippen LogP contribution in [0.3, 0.4) is 0 Å². The Hall–Kier alpha value is -0.0200. The minimum atomic E-state index is 0.452. The molecule has 0 spiro atoms. The van der Waals surface area contributed by atoms with E-state index in [4.69, 9.17) is 0 Å². The van der Waals surface area contributed by atoms with Crippen molar-refractivity contribution in [2.75, 3.05) is 18.8 Å². The Morgan fingerprint density at radius 1 is 1.57 bits per heavy atom. The lowest BCUT2D eigenvalue weighted by molar-refractivity contribution is -0.122. The molecule has 0 amide bonds. The summed E-state index contributed by atoms with van der Waals surface area (Å²) in [5.41, 5.74) is 0. The second-order valence-electron chi connectivity index (χ2n) is 4.47. The van der Waals surface area contributed by atoms with E-state index in [-0.39, 0.29) is 0 Å². The van der Waals surface area contributed by atoms with Gasteiger partial charge in [0, 0.05) is 37.2 Å². The summed E-state index contributed by atoms with van der Waals surface area (Å²) >= 11 is 2.11. The van der Waals surface area contributed by atoms with Crippen LogP contribution in [-0.4, -0.2) is 40.8 Å². The van der Waals surface area contributed by atoms with Crippen molar-refractivity contribution in [3.63, 3.8) is 0 Å². The summed E-state index contributed by atoms with van der Waals surface area (Å²) in [5, 5.41) is 0.839. The molecule has 2 atom stereocenters. The van der Waals surface area contributed by atoms with Gasteiger partial charge in [-0.1, -0.05) is 0 Å². The zero-order valence-electron chi connectivity index (χ0n) is 8.87. The molecule has 2 fully saturated rings. The first-order valence-corrected chi connectivity index (χ1v) is 6.68. The molecule has 2 nitrogen and oxygen atoms in total. The van der Waals surface area contributed by atoms with Crippen molar-refractivity contribution in [1.29, 1.82) is 0 Å². The maximum absolute atomic E-state index is 11.2. The Bertz CT molecular complexity index is 213. The maximum atomic E-state index is 11.2. The molecule has 0 aromatic heterocycles. The summed E-state index contributed by atoms with van der Waals surface area (Å²) in [5.74, 6) is 1.79. The first-order valence-electron chi connectivity index (χ1n) is 5.63. The van der Waals surface area contributed by atoms with Crippen molar-refractivity contribution in [2.24, 2.45) is 0 Å². The Labute approximate surface area is 90.4 Å². The number of thioether (sulfide) groups is 1. The highest BCUT2D eigenvalue weighted by Gasteiger charge is 2.26. The second kappa shape index (κ2) is 4.67. The average molecular weight is 213 g/mol. The van der Waals surface area contributed by atoms with Crippen LogP contribution in [0.15, 0.2) is 0 Å². The summed E-state index contributed by atoms with van der Waals surface area (Å²) in [7, 11) is 0. The topological polar surface area (TPSA) is 20.3 Å². The lowest BCUT2D eigenvalue weighted by Gasteiger charge is -2.34. The Balaban J connectivity index is 1.81. The first kappa shape index (κ1) is 10.5. The van der Waals surface area contributed by atoms with Gasteiger partial charge in [0.2, 0.25) is 0 Å². The van der Waals surface area contributed by atoms with Crippen molar-refractivity contribution in [2.45, 2.75) is 43.9 Å². The van der Waals surface area contributed by atoms with Crippen LogP contribution in [0.4, 0.5) is 0 Å². The van der Waals surface area contributed by atoms with Gasteiger partial charge in [-0.15, -0.1) is 0 Å². The zero-order chi connectivity index (χ0) is 9.97. The number of carbonyl (C=O) groups is 1. The Morgan fingerprint density at radius 3 is 3.07 bits per heavy atom. The van der Waals surface area contributed by atoms with Gasteiger partial charge in [0.25, 0.3) is 0 Å². The van der Waals surface area contributed by atoms with Gasteiger partial charge in [-0.25, -0.2) is 0 Å². The number of ketones is 1. The zero-order valence-corrected chi connectivity index (χ0v) is 9.68. The second-order valence-corrected chi connectivity index (χ2v) is 5.88. The average Bonchev–Trinajstić information content (AvgIpc) is 2.62. The number of carbonyl (C=O) groups excluding carboxylic acids is 1. The summed E-state index contributed by atoms with van der Waals surface area (Å²) in [6.07, 6.45) is 4.32. The van der Waals surface area contributed by atoms with Crippen LogP contribution in [-0.2, 0) is 4.79 Å². The van der Waals surface area contributed by atoms with Crippen LogP contribution in [0.5, 0.6) is 0 Å². The molecule has 3 heteroatoms. The molecule has 14 heavy (non-hydrogen) atoms. The lowest BCUT2D eigenvalue weighted by atomic mass is 10.0. The van der Waals surface area contributed by atoms with Crippen molar-refractivity contribution in [3.8, 4) is 0 Å². The third-order valence-corrected chi connectivity index (χ3v) is 4.67. The third kappa shape index (κ3) is 2.51. The van der Waals surface area contributed by atoms with E-state index in [1.807, 2.05) is 0 Å². The summed E-state index contributed by atoms with van der Waals surface area (Å²) in [6, 6.07) is 0.484. The Morgan fingerprint density at radius 2 is 2.43 bits per heavy atom. The molecular formula is C11H19NOS. The first-order chi connectivity index (χ1) is 6.75. The fourth-order valence-corrected chi connectivity index (χ4v) is 3.67. The molecule has 2 heterocycles. The largest absolute Gasteiger partial charge is 0.300 e. The number of piperidine rings is 1. The van der Waals surface area contributed by atoms with E-state index < -0.39 is 0 Å². The van der Waals surface area contributed by atoms with E-state index in [9.17, 15) is 4.79 Å². The van der Waals surface area contributed by atoms with Crippen LogP contribution in [0.25, 0.3) is 0 Å². The molecule has 0 aromatic carbocycles. The van der Waals surface area contributed by atoms with Crippen molar-refractivity contribution < 1.29 is 4.79 Å². The molecule has 0 N–H and O–H groups in total. The third-order valence-electron chi connectivity index (χ3n) is 3.29. The Kier molecular flexibility index (Phi) is 3.50. The number of likely N-dealkylation sites (tertiary alicyclic amines) is 1. The van der Waals surface area contributed by atoms with E-state index in [0.717, 1.165) is 24.6 Å². The molecule has 0 bridgehead atoms. The predicted molar refractivity (Wildman–Crippen MR) is 60.8 cm³/mol. The highest BCUT2D eigenvalue weighted by atomic mass is 32.2. The summed E-state index contributed by atoms with van der Waals surface area (Å²) in [6.45, 7) is 4.40. The number of hydrogen-bond acceptors (Lipinski definition) is 3. The molecule has 2 saturated heterocycles. The van der Waals surface area contributed by atoms with E-state index in [2.05, 4.69) is 23.6 Å². The molecule has 80 valence electrons. The fraction of sp³-hybridized carbons (Fsp3) is 0.909. The smallest absolute Gasteiger partial charge is 0.135 e. The van der Waals surface area contributed by atoms with E-state index in [0.29, 0.717) is 11.8 Å². The van der Waals surface area contributed by atoms with Gasteiger partial charge in [0.15, 0.2) is 0 Å². The van der Waals surface area contributed by atoms with E-state index in [1.54, 1.807) is 0 Å². The van der Waals surface area contributed by atoms with Crippen molar-refractivity contribution in [3.05, 3.63) is 0 Å². The standard InChI is InChI=1S/C11H19NOS/c1-9-7-10(13)4-5-12(9)8-11-3-2-6-14-11/h9,11H,2-8H2,1H3. The van der Waals surface area contributed by atoms with Crippen LogP contribution in [0.2, 0.25) is 0 Å². The number of hydrogen-bond donors (Lipinski definition) is 0. The number of rotatable bonds is 2. The quantitative estimate of drug-likeness (QED) is 0.699. The summed E-state index contributed by atoms with van der Waals surface area (Å²) < 4.78 is 0. The van der Waals surface area contributed by atoms with Crippen LogP contribution < -0.4 is 0 Å². The van der Waals surface area contributed by atoms with Crippen molar-refractivity contribution in [1.82, 2.24) is 4.90 Å². The van der Waals surface area contributed by atoms with Gasteiger partial charge in [-0.3, -0.25) is 9.69 Å². The van der Waals surface area contributed by atoms with Crippen LogP contribution >= 0.6 is 11.8 Å². The molecule has 2 aliphatic heterocycles. The minimum Gasteiger partial charge on any atom is -0.300 e. The maximum Gasteiger partial charge on any atom is 0.135 e. The molecule has 0 radical (unpaired) electrons. The van der Waals surface area contributed by atoms with Gasteiger partial charge in [-0.2, -0.15) is 11.8 Å². The molecule has 0 aliphatic carbocycles. The van der Waals surface area contributed by atoms with Crippen molar-refractivity contribution >= 4 is 17.5 Å². The van der Waals surface area contributed by atoms with Gasteiger partial charge in [0.1, 0.15) is 5.78 Å². The number of Topliss-reactive ketones (excluding diaryl/α,β-unsaturated/α-hetero) is 1. The molecular weight excluding hydrogens is 194 g/mol. The molecule has 2 unspecified atom stereocenters.